The molecule has 9 nitrogen and oxygen atoms in total. The Balaban J connectivity index is 1.76. The number of ether oxygens (including phenoxy) is 1. The number of benzene rings is 2. The van der Waals surface area contributed by atoms with Crippen LogP contribution in [0.2, 0.25) is 0 Å². The van der Waals surface area contributed by atoms with Crippen LogP contribution >= 0.6 is 11.3 Å². The lowest BCUT2D eigenvalue weighted by Gasteiger charge is -2.24. The van der Waals surface area contributed by atoms with E-state index in [1.54, 1.807) is 32.9 Å². The maximum absolute atomic E-state index is 13.9. The second kappa shape index (κ2) is 10.3. The first-order valence-electron chi connectivity index (χ1n) is 12.4. The molecule has 39 heavy (non-hydrogen) atoms. The molecule has 0 radical (unpaired) electrons. The normalized spacial score (nSPS) is 15.3. The van der Waals surface area contributed by atoms with E-state index in [9.17, 15) is 19.7 Å². The number of thiazole rings is 1. The predicted octanol–water partition coefficient (Wildman–Crippen LogP) is 4.16. The molecule has 5 rings (SSSR count). The highest BCUT2D eigenvalue weighted by Gasteiger charge is 2.34. The number of hydrogen-bond donors (Lipinski definition) is 0. The van der Waals surface area contributed by atoms with Gasteiger partial charge in [-0.25, -0.2) is 9.79 Å². The van der Waals surface area contributed by atoms with Gasteiger partial charge < -0.3 is 9.30 Å². The summed E-state index contributed by atoms with van der Waals surface area (Å²) in [5, 5.41) is 12.7. The highest BCUT2D eigenvalue weighted by molar-refractivity contribution is 7.07. The molecule has 1 aliphatic rings. The molecule has 0 aliphatic carbocycles. The molecule has 2 aromatic carbocycles. The van der Waals surface area contributed by atoms with E-state index < -0.39 is 16.9 Å². The zero-order chi connectivity index (χ0) is 27.8. The monoisotopic (exact) mass is 542 g/mol. The molecule has 0 amide bonds. The number of hydrogen-bond acceptors (Lipinski definition) is 7. The minimum absolute atomic E-state index is 0.0949. The lowest BCUT2D eigenvalue weighted by atomic mass is 9.94. The van der Waals surface area contributed by atoms with Crippen LogP contribution < -0.4 is 14.9 Å². The summed E-state index contributed by atoms with van der Waals surface area (Å²) in [7, 11) is 0. The fraction of sp³-hybridized carbons (Fsp3) is 0.207. The van der Waals surface area contributed by atoms with Gasteiger partial charge in [0.05, 0.1) is 33.4 Å². The van der Waals surface area contributed by atoms with Crippen molar-refractivity contribution in [3.8, 4) is 0 Å². The van der Waals surface area contributed by atoms with Gasteiger partial charge in [-0.3, -0.25) is 19.5 Å². The quantitative estimate of drug-likeness (QED) is 0.151. The summed E-state index contributed by atoms with van der Waals surface area (Å²) in [5.41, 5.74) is 2.92. The predicted molar refractivity (Wildman–Crippen MR) is 150 cm³/mol. The van der Waals surface area contributed by atoms with Crippen LogP contribution in [-0.2, 0) is 16.1 Å². The average Bonchev–Trinajstić information content (AvgIpc) is 3.40. The van der Waals surface area contributed by atoms with Gasteiger partial charge in [0.1, 0.15) is 0 Å². The van der Waals surface area contributed by atoms with Crippen molar-refractivity contribution in [1.29, 1.82) is 0 Å². The highest BCUT2D eigenvalue weighted by atomic mass is 32.1. The molecule has 1 atom stereocenters. The number of aryl methyl sites for hydroxylation is 1. The fourth-order valence-electron chi connectivity index (χ4n) is 4.92. The van der Waals surface area contributed by atoms with Crippen LogP contribution in [0.5, 0.6) is 0 Å². The first kappa shape index (κ1) is 26.1. The van der Waals surface area contributed by atoms with Crippen molar-refractivity contribution in [3.05, 3.63) is 119 Å². The Morgan fingerprint density at radius 1 is 1.26 bits per heavy atom. The SMILES string of the molecule is C=CCn1cc(/C=c2/sc3n(c2=O)[C@@H](c2ccc(C)c([N+](=O)[O-])c2)C(C(=O)OCC)=C(C)N=3)c2ccccc21. The number of para-hydroxylation sites is 1. The molecule has 0 saturated carbocycles. The molecule has 0 bridgehead atoms. The van der Waals surface area contributed by atoms with Gasteiger partial charge in [-0.15, -0.1) is 6.58 Å². The number of nitro benzene ring substituents is 1. The van der Waals surface area contributed by atoms with Crippen molar-refractivity contribution in [2.45, 2.75) is 33.4 Å². The van der Waals surface area contributed by atoms with Gasteiger partial charge in [0.15, 0.2) is 4.80 Å². The molecule has 0 unspecified atom stereocenters. The number of esters is 1. The maximum Gasteiger partial charge on any atom is 0.338 e. The third-order valence-electron chi connectivity index (χ3n) is 6.69. The van der Waals surface area contributed by atoms with E-state index in [0.29, 0.717) is 32.7 Å². The first-order valence-corrected chi connectivity index (χ1v) is 13.2. The molecule has 0 saturated heterocycles. The number of allylic oxidation sites excluding steroid dienone is 2. The van der Waals surface area contributed by atoms with E-state index in [-0.39, 0.29) is 23.4 Å². The third-order valence-corrected chi connectivity index (χ3v) is 7.68. The van der Waals surface area contributed by atoms with Crippen molar-refractivity contribution in [3.63, 3.8) is 0 Å². The van der Waals surface area contributed by atoms with Gasteiger partial charge in [-0.1, -0.05) is 47.7 Å². The van der Waals surface area contributed by atoms with Crippen LogP contribution in [0.3, 0.4) is 0 Å². The van der Waals surface area contributed by atoms with Crippen LogP contribution in [0.1, 0.15) is 36.6 Å². The van der Waals surface area contributed by atoms with Crippen molar-refractivity contribution >= 4 is 40.0 Å². The van der Waals surface area contributed by atoms with Gasteiger partial charge in [-0.2, -0.15) is 0 Å². The number of carbonyl (C=O) groups is 1. The molecule has 0 fully saturated rings. The molecule has 1 aliphatic heterocycles. The highest BCUT2D eigenvalue weighted by Crippen LogP contribution is 2.33. The van der Waals surface area contributed by atoms with E-state index in [4.69, 9.17) is 4.74 Å². The van der Waals surface area contributed by atoms with E-state index in [0.717, 1.165) is 16.5 Å². The van der Waals surface area contributed by atoms with Crippen molar-refractivity contribution < 1.29 is 14.5 Å². The third kappa shape index (κ3) is 4.52. The zero-order valence-corrected chi connectivity index (χ0v) is 22.5. The lowest BCUT2D eigenvalue weighted by Crippen LogP contribution is -2.40. The van der Waals surface area contributed by atoms with Crippen molar-refractivity contribution in [1.82, 2.24) is 9.13 Å². The van der Waals surface area contributed by atoms with Gasteiger partial charge in [0.2, 0.25) is 0 Å². The number of nitro groups is 1. The van der Waals surface area contributed by atoms with Gasteiger partial charge >= 0.3 is 5.97 Å². The molecule has 10 heteroatoms. The van der Waals surface area contributed by atoms with Gasteiger partial charge in [0.25, 0.3) is 11.2 Å². The van der Waals surface area contributed by atoms with Crippen LogP contribution in [0.15, 0.2) is 82.4 Å². The molecular weight excluding hydrogens is 516 g/mol. The largest absolute Gasteiger partial charge is 0.463 e. The minimum Gasteiger partial charge on any atom is -0.463 e. The lowest BCUT2D eigenvalue weighted by molar-refractivity contribution is -0.385. The maximum atomic E-state index is 13.9. The topological polar surface area (TPSA) is 109 Å². The number of rotatable bonds is 7. The molecule has 0 spiro atoms. The van der Waals surface area contributed by atoms with E-state index >= 15 is 0 Å². The summed E-state index contributed by atoms with van der Waals surface area (Å²) in [6.45, 7) is 9.60. The molecule has 198 valence electrons. The Bertz CT molecular complexity index is 1880. The number of carbonyl (C=O) groups excluding carboxylic acids is 1. The molecule has 4 aromatic rings. The molecule has 0 N–H and O–H groups in total. The number of fused-ring (bicyclic) bond motifs is 2. The smallest absolute Gasteiger partial charge is 0.338 e. The Morgan fingerprint density at radius 3 is 2.74 bits per heavy atom. The second-order valence-electron chi connectivity index (χ2n) is 9.15. The van der Waals surface area contributed by atoms with Crippen LogP contribution in [0, 0.1) is 17.0 Å². The van der Waals surface area contributed by atoms with Gasteiger partial charge in [-0.05, 0) is 38.5 Å². The van der Waals surface area contributed by atoms with E-state index in [1.807, 2.05) is 42.6 Å². The summed E-state index contributed by atoms with van der Waals surface area (Å²) in [6, 6.07) is 11.7. The summed E-state index contributed by atoms with van der Waals surface area (Å²) in [5.74, 6) is -0.617. The van der Waals surface area contributed by atoms with E-state index in [1.165, 1.54) is 22.0 Å². The summed E-state index contributed by atoms with van der Waals surface area (Å²) >= 11 is 1.21. The van der Waals surface area contributed by atoms with Crippen LogP contribution in [-0.4, -0.2) is 26.6 Å². The average molecular weight is 543 g/mol. The minimum atomic E-state index is -0.927. The Kier molecular flexibility index (Phi) is 6.88. The van der Waals surface area contributed by atoms with Gasteiger partial charge in [0, 0.05) is 40.8 Å². The van der Waals surface area contributed by atoms with Crippen molar-refractivity contribution in [2.75, 3.05) is 6.61 Å². The zero-order valence-electron chi connectivity index (χ0n) is 21.7. The second-order valence-corrected chi connectivity index (χ2v) is 10.2. The first-order chi connectivity index (χ1) is 18.7. The van der Waals surface area contributed by atoms with Crippen LogP contribution in [0.4, 0.5) is 5.69 Å². The Hall–Kier alpha value is -4.57. The summed E-state index contributed by atoms with van der Waals surface area (Å²) in [4.78, 5) is 43.3. The Labute approximate surface area is 227 Å². The Morgan fingerprint density at radius 2 is 2.03 bits per heavy atom. The van der Waals surface area contributed by atoms with Crippen molar-refractivity contribution in [2.24, 2.45) is 4.99 Å². The number of aromatic nitrogens is 2. The van der Waals surface area contributed by atoms with E-state index in [2.05, 4.69) is 16.1 Å². The standard InChI is InChI=1S/C29H26N4O5S/c1-5-13-31-16-20(21-9-7-8-10-22(21)31)15-24-27(34)32-26(19-12-11-17(3)23(14-19)33(36)37)25(28(35)38-6-2)18(4)30-29(32)39-24/h5,7-12,14-16,26H,1,6,13H2,2-4H3/b24-15+/t26-/m0/s1. The summed E-state index contributed by atoms with van der Waals surface area (Å²) < 4.78 is 9.24. The summed E-state index contributed by atoms with van der Waals surface area (Å²) in [6.07, 6.45) is 5.61. The molecule has 2 aromatic heterocycles. The molecule has 3 heterocycles. The molecular formula is C29H26N4O5S. The van der Waals surface area contributed by atoms with Crippen LogP contribution in [0.25, 0.3) is 17.0 Å². The number of nitrogens with zero attached hydrogens (tertiary/aromatic N) is 4. The fourth-order valence-corrected chi connectivity index (χ4v) is 5.96.